The van der Waals surface area contributed by atoms with Crippen LogP contribution in [0.3, 0.4) is 0 Å². The van der Waals surface area contributed by atoms with Gasteiger partial charge in [0, 0.05) is 12.7 Å². The summed E-state index contributed by atoms with van der Waals surface area (Å²) in [6.45, 7) is 4.44. The van der Waals surface area contributed by atoms with Gasteiger partial charge in [-0.05, 0) is 50.1 Å². The predicted molar refractivity (Wildman–Crippen MR) is 90.0 cm³/mol. The molecule has 1 aromatic heterocycles. The number of ether oxygens (including phenoxy) is 1. The number of nitrogen functional groups attached to an aromatic ring is 1. The molecular weight excluding hydrogens is 328 g/mol. The van der Waals surface area contributed by atoms with Crippen molar-refractivity contribution in [1.29, 1.82) is 0 Å². The molecule has 8 heteroatoms. The number of nitrogens with two attached hydrogens (primary N) is 1. The van der Waals surface area contributed by atoms with E-state index in [-0.39, 0.29) is 23.5 Å². The fourth-order valence-electron chi connectivity index (χ4n) is 2.61. The number of rotatable bonds is 4. The zero-order chi connectivity index (χ0) is 17.3. The van der Waals surface area contributed by atoms with E-state index in [1.807, 2.05) is 13.8 Å². The van der Waals surface area contributed by atoms with Gasteiger partial charge in [-0.25, -0.2) is 18.4 Å². The summed E-state index contributed by atoms with van der Waals surface area (Å²) in [7, 11) is -3.59. The molecular formula is C16H20N4O3S. The molecule has 0 atom stereocenters. The third-order valence-corrected chi connectivity index (χ3v) is 5.62. The number of benzene rings is 1. The Balaban J connectivity index is 1.83. The van der Waals surface area contributed by atoms with Crippen LogP contribution in [0, 0.1) is 0 Å². The zero-order valence-electron chi connectivity index (χ0n) is 13.6. The summed E-state index contributed by atoms with van der Waals surface area (Å²) in [4.78, 5) is 8.35. The highest BCUT2D eigenvalue weighted by Gasteiger charge is 2.29. The van der Waals surface area contributed by atoms with Crippen molar-refractivity contribution in [2.24, 2.45) is 0 Å². The van der Waals surface area contributed by atoms with E-state index in [4.69, 9.17) is 10.5 Å². The van der Waals surface area contributed by atoms with E-state index >= 15 is 0 Å². The topological polar surface area (TPSA) is 98.4 Å². The maximum atomic E-state index is 12.8. The average Bonchev–Trinajstić information content (AvgIpc) is 2.54. The molecule has 1 aliphatic heterocycles. The lowest BCUT2D eigenvalue weighted by Gasteiger charge is -2.27. The van der Waals surface area contributed by atoms with Gasteiger partial charge in [-0.1, -0.05) is 0 Å². The van der Waals surface area contributed by atoms with E-state index in [2.05, 4.69) is 9.97 Å². The molecule has 128 valence electrons. The number of nitrogens with zero attached hydrogens (tertiary/aromatic N) is 3. The lowest BCUT2D eigenvalue weighted by atomic mass is 10.1. The van der Waals surface area contributed by atoms with E-state index in [1.165, 1.54) is 4.31 Å². The number of hydrogen-bond acceptors (Lipinski definition) is 6. The largest absolute Gasteiger partial charge is 0.491 e. The first-order valence-electron chi connectivity index (χ1n) is 7.73. The summed E-state index contributed by atoms with van der Waals surface area (Å²) in [6, 6.07) is 6.48. The maximum Gasteiger partial charge on any atom is 0.243 e. The maximum absolute atomic E-state index is 12.8. The Bertz CT molecular complexity index is 835. The minimum Gasteiger partial charge on any atom is -0.491 e. The van der Waals surface area contributed by atoms with Crippen LogP contribution in [0.15, 0.2) is 35.4 Å². The number of fused-ring (bicyclic) bond motifs is 1. The smallest absolute Gasteiger partial charge is 0.243 e. The van der Waals surface area contributed by atoms with Crippen LogP contribution >= 0.6 is 0 Å². The van der Waals surface area contributed by atoms with Gasteiger partial charge >= 0.3 is 0 Å². The number of sulfonamides is 1. The zero-order valence-corrected chi connectivity index (χ0v) is 14.5. The predicted octanol–water partition coefficient (Wildman–Crippen LogP) is 1.59. The second-order valence-electron chi connectivity index (χ2n) is 5.93. The van der Waals surface area contributed by atoms with Crippen molar-refractivity contribution in [3.8, 4) is 5.75 Å². The Morgan fingerprint density at radius 3 is 2.62 bits per heavy atom. The van der Waals surface area contributed by atoms with Gasteiger partial charge in [-0.2, -0.15) is 4.31 Å². The highest BCUT2D eigenvalue weighted by molar-refractivity contribution is 7.89. The molecule has 2 heterocycles. The van der Waals surface area contributed by atoms with Crippen molar-refractivity contribution in [3.05, 3.63) is 41.7 Å². The molecule has 0 fully saturated rings. The second kappa shape index (κ2) is 6.37. The van der Waals surface area contributed by atoms with E-state index < -0.39 is 10.0 Å². The van der Waals surface area contributed by atoms with Gasteiger partial charge in [0.05, 0.1) is 23.2 Å². The molecule has 7 nitrogen and oxygen atoms in total. The third-order valence-electron chi connectivity index (χ3n) is 3.76. The first-order chi connectivity index (χ1) is 11.4. The summed E-state index contributed by atoms with van der Waals surface area (Å²) in [5, 5.41) is 0. The van der Waals surface area contributed by atoms with Crippen molar-refractivity contribution in [3.63, 3.8) is 0 Å². The molecule has 1 aromatic carbocycles. The van der Waals surface area contributed by atoms with E-state index in [0.717, 1.165) is 5.56 Å². The van der Waals surface area contributed by atoms with Gasteiger partial charge in [0.15, 0.2) is 0 Å². The molecule has 0 aliphatic carbocycles. The van der Waals surface area contributed by atoms with Crippen LogP contribution in [0.4, 0.5) is 5.95 Å². The highest BCUT2D eigenvalue weighted by atomic mass is 32.2. The summed E-state index contributed by atoms with van der Waals surface area (Å²) < 4.78 is 32.6. The van der Waals surface area contributed by atoms with E-state index in [0.29, 0.717) is 24.4 Å². The van der Waals surface area contributed by atoms with Crippen molar-refractivity contribution in [2.75, 3.05) is 12.3 Å². The fourth-order valence-corrected chi connectivity index (χ4v) is 4.01. The Kier molecular flexibility index (Phi) is 4.42. The van der Waals surface area contributed by atoms with Crippen LogP contribution in [0.2, 0.25) is 0 Å². The van der Waals surface area contributed by atoms with Gasteiger partial charge in [0.2, 0.25) is 16.0 Å². The van der Waals surface area contributed by atoms with Crippen LogP contribution in [0.25, 0.3) is 0 Å². The van der Waals surface area contributed by atoms with E-state index in [1.54, 1.807) is 30.5 Å². The summed E-state index contributed by atoms with van der Waals surface area (Å²) >= 11 is 0. The molecule has 3 rings (SSSR count). The molecule has 0 saturated carbocycles. The molecule has 0 unspecified atom stereocenters. The quantitative estimate of drug-likeness (QED) is 0.901. The van der Waals surface area contributed by atoms with Crippen molar-refractivity contribution < 1.29 is 13.2 Å². The van der Waals surface area contributed by atoms with Gasteiger partial charge in [0.1, 0.15) is 5.75 Å². The first kappa shape index (κ1) is 16.7. The SMILES string of the molecule is CC(C)Oc1ccc(S(=O)(=O)N2CCc3cnc(N)nc3C2)cc1. The third kappa shape index (κ3) is 3.34. The first-order valence-corrected chi connectivity index (χ1v) is 9.17. The Labute approximate surface area is 141 Å². The lowest BCUT2D eigenvalue weighted by molar-refractivity contribution is 0.242. The van der Waals surface area contributed by atoms with Crippen LogP contribution in [-0.2, 0) is 23.0 Å². The molecule has 2 aromatic rings. The monoisotopic (exact) mass is 348 g/mol. The van der Waals surface area contributed by atoms with Crippen LogP contribution < -0.4 is 10.5 Å². The molecule has 0 amide bonds. The van der Waals surface area contributed by atoms with Crippen LogP contribution in [-0.4, -0.2) is 35.3 Å². The fraction of sp³-hybridized carbons (Fsp3) is 0.375. The molecule has 0 saturated heterocycles. The minimum atomic E-state index is -3.59. The lowest BCUT2D eigenvalue weighted by Crippen LogP contribution is -2.36. The summed E-state index contributed by atoms with van der Waals surface area (Å²) in [5.74, 6) is 0.802. The van der Waals surface area contributed by atoms with Crippen molar-refractivity contribution in [2.45, 2.75) is 37.8 Å². The molecule has 1 aliphatic rings. The summed E-state index contributed by atoms with van der Waals surface area (Å²) in [6.07, 6.45) is 2.28. The van der Waals surface area contributed by atoms with Gasteiger partial charge in [-0.3, -0.25) is 0 Å². The molecule has 0 spiro atoms. The molecule has 24 heavy (non-hydrogen) atoms. The standard InChI is InChI=1S/C16H20N4O3S/c1-11(2)23-13-3-5-14(6-4-13)24(21,22)20-8-7-12-9-18-16(17)19-15(12)10-20/h3-6,9,11H,7-8,10H2,1-2H3,(H2,17,18,19). The Morgan fingerprint density at radius 1 is 1.25 bits per heavy atom. The van der Waals surface area contributed by atoms with Crippen molar-refractivity contribution in [1.82, 2.24) is 14.3 Å². The number of hydrogen-bond donors (Lipinski definition) is 1. The molecule has 2 N–H and O–H groups in total. The Morgan fingerprint density at radius 2 is 1.96 bits per heavy atom. The average molecular weight is 348 g/mol. The second-order valence-corrected chi connectivity index (χ2v) is 7.86. The number of anilines is 1. The molecule has 0 bridgehead atoms. The summed E-state index contributed by atoms with van der Waals surface area (Å²) in [5.41, 5.74) is 7.20. The van der Waals surface area contributed by atoms with Gasteiger partial charge in [0.25, 0.3) is 0 Å². The Hall–Kier alpha value is -2.19. The van der Waals surface area contributed by atoms with Crippen LogP contribution in [0.1, 0.15) is 25.1 Å². The van der Waals surface area contributed by atoms with Gasteiger partial charge in [-0.15, -0.1) is 0 Å². The number of aromatic nitrogens is 2. The minimum absolute atomic E-state index is 0.0381. The normalized spacial score (nSPS) is 15.3. The van der Waals surface area contributed by atoms with Crippen molar-refractivity contribution >= 4 is 16.0 Å². The van der Waals surface area contributed by atoms with Gasteiger partial charge < -0.3 is 10.5 Å². The van der Waals surface area contributed by atoms with E-state index in [9.17, 15) is 8.42 Å². The van der Waals surface area contributed by atoms with Crippen LogP contribution in [0.5, 0.6) is 5.75 Å². The molecule has 0 radical (unpaired) electrons. The highest BCUT2D eigenvalue weighted by Crippen LogP contribution is 2.25.